The number of cyclic esters (lactones) is 1. The maximum atomic E-state index is 11.7. The highest BCUT2D eigenvalue weighted by molar-refractivity contribution is 5.89. The van der Waals surface area contributed by atoms with Crippen LogP contribution in [0, 0.1) is 5.92 Å². The van der Waals surface area contributed by atoms with Crippen LogP contribution in [0.2, 0.25) is 0 Å². The number of hydrogen-bond acceptors (Lipinski definition) is 9. The number of esters is 2. The molecule has 1 aliphatic heterocycles. The van der Waals surface area contributed by atoms with E-state index in [9.17, 15) is 9.59 Å². The fourth-order valence-electron chi connectivity index (χ4n) is 2.85. The van der Waals surface area contributed by atoms with Crippen LogP contribution >= 0.6 is 0 Å². The van der Waals surface area contributed by atoms with Gasteiger partial charge in [-0.2, -0.15) is 0 Å². The molecule has 0 fully saturated rings. The minimum absolute atomic E-state index is 0.277. The number of benzene rings is 1. The summed E-state index contributed by atoms with van der Waals surface area (Å²) >= 11 is 0. The van der Waals surface area contributed by atoms with E-state index in [4.69, 9.17) is 29.9 Å². The summed E-state index contributed by atoms with van der Waals surface area (Å²) < 4.78 is 14.7. The van der Waals surface area contributed by atoms with E-state index in [0.29, 0.717) is 12.5 Å². The number of unbranched alkanes of at least 4 members (excludes halogenated alkanes) is 1. The third-order valence-electron chi connectivity index (χ3n) is 5.01. The fourth-order valence-corrected chi connectivity index (χ4v) is 2.85. The Morgan fingerprint density at radius 3 is 2.36 bits per heavy atom. The molecular formula is C24H34O9. The van der Waals surface area contributed by atoms with Crippen LogP contribution in [-0.2, 0) is 19.1 Å². The van der Waals surface area contributed by atoms with Crippen LogP contribution in [0.5, 0.6) is 5.75 Å². The van der Waals surface area contributed by atoms with E-state index in [0.717, 1.165) is 24.2 Å². The van der Waals surface area contributed by atoms with Gasteiger partial charge in [0.1, 0.15) is 11.9 Å². The highest BCUT2D eigenvalue weighted by atomic mass is 16.6. The topological polar surface area (TPSA) is 143 Å². The number of ether oxygens (including phenoxy) is 3. The maximum Gasteiger partial charge on any atom is 0.377 e. The molecule has 184 valence electrons. The van der Waals surface area contributed by atoms with Crippen molar-refractivity contribution in [2.75, 3.05) is 20.3 Å². The Hall–Kier alpha value is -3.04. The molecule has 0 aromatic heterocycles. The molecular weight excluding hydrogens is 432 g/mol. The summed E-state index contributed by atoms with van der Waals surface area (Å²) in [6, 6.07) is 7.53. The lowest BCUT2D eigenvalue weighted by molar-refractivity contribution is -0.147. The third-order valence-corrected chi connectivity index (χ3v) is 5.01. The molecule has 9 heteroatoms. The monoisotopic (exact) mass is 466 g/mol. The standard InChI is InChI=1S/C18H26O3.C6H8O6/c1-4-6-7-15(5-2)14-21-18(19)13-10-16-8-11-17(20-3)12-9-16;7-1-2(8)5-3(9)4(10)6(11)12-5/h8-13,15H,4-7,14H2,1-3H3;2,5,7-10H,1H2/b13-10+;/t;2-,5+/m.0/s1. The second-order valence-electron chi connectivity index (χ2n) is 7.46. The number of aliphatic hydroxyl groups excluding tert-OH is 4. The molecule has 1 aromatic rings. The zero-order valence-corrected chi connectivity index (χ0v) is 19.3. The number of aliphatic hydroxyl groups is 4. The van der Waals surface area contributed by atoms with E-state index in [1.807, 2.05) is 24.3 Å². The number of carbonyl (C=O) groups is 2. The Bertz CT molecular complexity index is 799. The Balaban J connectivity index is 0.000000383. The summed E-state index contributed by atoms with van der Waals surface area (Å²) in [5.74, 6) is -1.78. The molecule has 3 atom stereocenters. The smallest absolute Gasteiger partial charge is 0.377 e. The zero-order chi connectivity index (χ0) is 24.8. The second-order valence-corrected chi connectivity index (χ2v) is 7.46. The lowest BCUT2D eigenvalue weighted by Crippen LogP contribution is -2.31. The lowest BCUT2D eigenvalue weighted by atomic mass is 10.0. The van der Waals surface area contributed by atoms with Gasteiger partial charge in [-0.1, -0.05) is 45.2 Å². The minimum atomic E-state index is -1.42. The first-order valence-corrected chi connectivity index (χ1v) is 10.9. The number of carbonyl (C=O) groups excluding carboxylic acids is 2. The van der Waals surface area contributed by atoms with Crippen LogP contribution in [0.1, 0.15) is 45.1 Å². The minimum Gasteiger partial charge on any atom is -0.505 e. The molecule has 1 heterocycles. The van der Waals surface area contributed by atoms with E-state index >= 15 is 0 Å². The average Bonchev–Trinajstić information content (AvgIpc) is 3.10. The fraction of sp³-hybridized carbons (Fsp3) is 0.500. The van der Waals surface area contributed by atoms with Gasteiger partial charge < -0.3 is 34.6 Å². The Labute approximate surface area is 193 Å². The highest BCUT2D eigenvalue weighted by Gasteiger charge is 2.38. The van der Waals surface area contributed by atoms with Gasteiger partial charge in [-0.15, -0.1) is 0 Å². The van der Waals surface area contributed by atoms with Crippen molar-refractivity contribution >= 4 is 18.0 Å². The highest BCUT2D eigenvalue weighted by Crippen LogP contribution is 2.21. The molecule has 0 spiro atoms. The van der Waals surface area contributed by atoms with Gasteiger partial charge in [0, 0.05) is 6.08 Å². The first-order chi connectivity index (χ1) is 15.8. The van der Waals surface area contributed by atoms with Crippen molar-refractivity contribution in [1.29, 1.82) is 0 Å². The van der Waals surface area contributed by atoms with Crippen molar-refractivity contribution in [1.82, 2.24) is 0 Å². The summed E-state index contributed by atoms with van der Waals surface area (Å²) in [5.41, 5.74) is 0.950. The summed E-state index contributed by atoms with van der Waals surface area (Å²) in [4.78, 5) is 22.2. The largest absolute Gasteiger partial charge is 0.505 e. The molecule has 0 radical (unpaired) electrons. The number of hydrogen-bond donors (Lipinski definition) is 4. The molecule has 1 unspecified atom stereocenters. The molecule has 33 heavy (non-hydrogen) atoms. The first kappa shape index (κ1) is 28.0. The molecule has 0 bridgehead atoms. The number of rotatable bonds is 11. The molecule has 0 amide bonds. The predicted molar refractivity (Wildman–Crippen MR) is 122 cm³/mol. The van der Waals surface area contributed by atoms with Gasteiger partial charge in [-0.25, -0.2) is 9.59 Å². The molecule has 9 nitrogen and oxygen atoms in total. The van der Waals surface area contributed by atoms with Crippen LogP contribution in [0.3, 0.4) is 0 Å². The van der Waals surface area contributed by atoms with Crippen LogP contribution < -0.4 is 4.74 Å². The first-order valence-electron chi connectivity index (χ1n) is 10.9. The van der Waals surface area contributed by atoms with Crippen LogP contribution in [0.4, 0.5) is 0 Å². The molecule has 1 aromatic carbocycles. The molecule has 0 saturated carbocycles. The summed E-state index contributed by atoms with van der Waals surface area (Å²) in [7, 11) is 1.63. The SMILES string of the molecule is CCCCC(CC)COC(=O)/C=C/c1ccc(OC)cc1.O=C1O[C@H]([C@@H](O)CO)C(O)=C1O. The molecule has 0 saturated heterocycles. The van der Waals surface area contributed by atoms with Crippen LogP contribution in [-0.4, -0.2) is 64.9 Å². The van der Waals surface area contributed by atoms with Crippen LogP contribution in [0.25, 0.3) is 6.08 Å². The van der Waals surface area contributed by atoms with Crippen molar-refractivity contribution in [2.45, 2.75) is 51.7 Å². The van der Waals surface area contributed by atoms with Crippen molar-refractivity contribution in [3.05, 3.63) is 47.4 Å². The lowest BCUT2D eigenvalue weighted by Gasteiger charge is -2.13. The summed E-state index contributed by atoms with van der Waals surface area (Å²) in [5, 5.41) is 35.0. The Morgan fingerprint density at radius 2 is 1.88 bits per heavy atom. The van der Waals surface area contributed by atoms with E-state index in [1.165, 1.54) is 18.9 Å². The van der Waals surface area contributed by atoms with Gasteiger partial charge in [0.25, 0.3) is 0 Å². The molecule has 2 rings (SSSR count). The van der Waals surface area contributed by atoms with E-state index in [2.05, 4.69) is 18.6 Å². The average molecular weight is 467 g/mol. The molecule has 4 N–H and O–H groups in total. The van der Waals surface area contributed by atoms with Crippen molar-refractivity contribution < 1.29 is 44.2 Å². The quantitative estimate of drug-likeness (QED) is 0.286. The van der Waals surface area contributed by atoms with Gasteiger partial charge in [0.05, 0.1) is 20.3 Å². The van der Waals surface area contributed by atoms with E-state index < -0.39 is 36.3 Å². The second kappa shape index (κ2) is 14.9. The summed E-state index contributed by atoms with van der Waals surface area (Å²) in [6.45, 7) is 4.16. The maximum absolute atomic E-state index is 11.7. The molecule has 1 aliphatic rings. The van der Waals surface area contributed by atoms with Gasteiger partial charge in [-0.3, -0.25) is 0 Å². The summed E-state index contributed by atoms with van der Waals surface area (Å²) in [6.07, 6.45) is 5.02. The van der Waals surface area contributed by atoms with Gasteiger partial charge in [-0.05, 0) is 36.1 Å². The van der Waals surface area contributed by atoms with Crippen LogP contribution in [0.15, 0.2) is 41.9 Å². The predicted octanol–water partition coefficient (Wildman–Crippen LogP) is 3.06. The zero-order valence-electron chi connectivity index (χ0n) is 19.3. The van der Waals surface area contributed by atoms with E-state index in [1.54, 1.807) is 13.2 Å². The third kappa shape index (κ3) is 9.55. The number of methoxy groups -OCH3 is 1. The Morgan fingerprint density at radius 1 is 1.21 bits per heavy atom. The van der Waals surface area contributed by atoms with Gasteiger partial charge in [0.15, 0.2) is 11.9 Å². The normalized spacial score (nSPS) is 17.2. The van der Waals surface area contributed by atoms with Crippen molar-refractivity contribution in [3.63, 3.8) is 0 Å². The van der Waals surface area contributed by atoms with E-state index in [-0.39, 0.29) is 5.97 Å². The molecule has 0 aliphatic carbocycles. The van der Waals surface area contributed by atoms with Gasteiger partial charge >= 0.3 is 11.9 Å². The van der Waals surface area contributed by atoms with Gasteiger partial charge in [0.2, 0.25) is 5.76 Å². The van der Waals surface area contributed by atoms with Crippen molar-refractivity contribution in [2.24, 2.45) is 5.92 Å². The van der Waals surface area contributed by atoms with Crippen molar-refractivity contribution in [3.8, 4) is 5.75 Å². The Kier molecular flexibility index (Phi) is 12.7.